The summed E-state index contributed by atoms with van der Waals surface area (Å²) in [4.78, 5) is 31.3. The van der Waals surface area contributed by atoms with Crippen LogP contribution in [0.1, 0.15) is 82.9 Å². The summed E-state index contributed by atoms with van der Waals surface area (Å²) < 4.78 is 5.65. The third kappa shape index (κ3) is 5.09. The highest BCUT2D eigenvalue weighted by Crippen LogP contribution is 2.36. The van der Waals surface area contributed by atoms with Crippen molar-refractivity contribution in [2.24, 2.45) is 0 Å². The SMILES string of the molecule is CC(C)(C)OC(=O)N1CCCC1c1nc2ccc(-c3ccc4cc(-c5cnc(C6CCCC6)[nH]5)ccc4c3)cc2[nH]1. The molecule has 1 aliphatic carbocycles. The highest BCUT2D eigenvalue weighted by molar-refractivity contribution is 5.91. The number of amides is 1. The van der Waals surface area contributed by atoms with Gasteiger partial charge in [0.05, 0.1) is 29.0 Å². The first-order valence-electron chi connectivity index (χ1n) is 14.9. The summed E-state index contributed by atoms with van der Waals surface area (Å²) in [6, 6.07) is 19.5. The van der Waals surface area contributed by atoms with E-state index >= 15 is 0 Å². The molecule has 2 N–H and O–H groups in total. The van der Waals surface area contributed by atoms with E-state index in [1.807, 2.05) is 27.0 Å². The molecule has 1 aliphatic heterocycles. The van der Waals surface area contributed by atoms with Crippen molar-refractivity contribution >= 4 is 27.9 Å². The highest BCUT2D eigenvalue weighted by Gasteiger charge is 2.35. The van der Waals surface area contributed by atoms with Crippen LogP contribution in [-0.4, -0.2) is 43.1 Å². The minimum atomic E-state index is -0.522. The number of aromatic nitrogens is 4. The Morgan fingerprint density at radius 3 is 2.34 bits per heavy atom. The molecule has 7 heteroatoms. The average Bonchev–Trinajstić information content (AvgIpc) is 3.77. The van der Waals surface area contributed by atoms with E-state index in [1.165, 1.54) is 42.0 Å². The van der Waals surface area contributed by atoms with Gasteiger partial charge in [0.2, 0.25) is 0 Å². The van der Waals surface area contributed by atoms with E-state index in [0.717, 1.165) is 52.3 Å². The Kier molecular flexibility index (Phi) is 6.33. The molecule has 1 saturated carbocycles. The first-order valence-corrected chi connectivity index (χ1v) is 14.9. The molecule has 41 heavy (non-hydrogen) atoms. The number of rotatable bonds is 4. The summed E-state index contributed by atoms with van der Waals surface area (Å²) in [6.07, 6.45) is 8.61. The predicted molar refractivity (Wildman–Crippen MR) is 163 cm³/mol. The molecule has 1 atom stereocenters. The van der Waals surface area contributed by atoms with Crippen LogP contribution in [0.25, 0.3) is 44.2 Å². The van der Waals surface area contributed by atoms with Gasteiger partial charge in [0.1, 0.15) is 17.2 Å². The van der Waals surface area contributed by atoms with Crippen molar-refractivity contribution in [1.29, 1.82) is 0 Å². The minimum Gasteiger partial charge on any atom is -0.444 e. The second-order valence-corrected chi connectivity index (χ2v) is 12.6. The number of carbonyl (C=O) groups is 1. The third-order valence-corrected chi connectivity index (χ3v) is 8.52. The predicted octanol–water partition coefficient (Wildman–Crippen LogP) is 8.50. The standard InChI is InChI=1S/C34H37N5O2/c1-34(2,3)41-33(40)39-16-6-9-30(39)32-36-27-15-14-25(19-28(27)37-32)23-10-11-24-18-26(13-12-22(24)17-23)29-20-35-31(38-29)21-7-4-5-8-21/h10-15,17-21,30H,4-9,16H2,1-3H3,(H,35,38)(H,36,37). The number of carbonyl (C=O) groups excluding carboxylic acids is 1. The van der Waals surface area contributed by atoms with Crippen LogP contribution in [-0.2, 0) is 4.74 Å². The van der Waals surface area contributed by atoms with Gasteiger partial charge in [0, 0.05) is 18.0 Å². The van der Waals surface area contributed by atoms with Crippen LogP contribution < -0.4 is 0 Å². The lowest BCUT2D eigenvalue weighted by Crippen LogP contribution is -2.36. The average molecular weight is 548 g/mol. The first-order chi connectivity index (χ1) is 19.8. The Bertz CT molecular complexity index is 1740. The molecule has 2 aliphatic rings. The van der Waals surface area contributed by atoms with Gasteiger partial charge in [-0.1, -0.05) is 43.2 Å². The van der Waals surface area contributed by atoms with E-state index < -0.39 is 5.60 Å². The number of ether oxygens (including phenoxy) is 1. The number of hydrogen-bond donors (Lipinski definition) is 2. The smallest absolute Gasteiger partial charge is 0.410 e. The number of aromatic amines is 2. The number of hydrogen-bond acceptors (Lipinski definition) is 4. The van der Waals surface area contributed by atoms with Crippen molar-refractivity contribution < 1.29 is 9.53 Å². The highest BCUT2D eigenvalue weighted by atomic mass is 16.6. The fourth-order valence-electron chi connectivity index (χ4n) is 6.44. The van der Waals surface area contributed by atoms with Gasteiger partial charge >= 0.3 is 6.09 Å². The summed E-state index contributed by atoms with van der Waals surface area (Å²) in [7, 11) is 0. The van der Waals surface area contributed by atoms with Gasteiger partial charge in [-0.3, -0.25) is 4.90 Å². The number of benzene rings is 3. The summed E-state index contributed by atoms with van der Waals surface area (Å²) in [6.45, 7) is 6.38. The van der Waals surface area contributed by atoms with Crippen molar-refractivity contribution in [2.45, 2.75) is 76.9 Å². The molecular weight excluding hydrogens is 510 g/mol. The molecule has 7 nitrogen and oxygen atoms in total. The molecule has 1 unspecified atom stereocenters. The van der Waals surface area contributed by atoms with Crippen LogP contribution in [0.4, 0.5) is 4.79 Å². The zero-order valence-electron chi connectivity index (χ0n) is 24.0. The van der Waals surface area contributed by atoms with E-state index in [2.05, 4.69) is 64.6 Å². The maximum absolute atomic E-state index is 12.8. The molecule has 0 spiro atoms. The molecule has 3 heterocycles. The lowest BCUT2D eigenvalue weighted by atomic mass is 9.99. The zero-order valence-corrected chi connectivity index (χ0v) is 24.0. The lowest BCUT2D eigenvalue weighted by Gasteiger charge is -2.27. The topological polar surface area (TPSA) is 86.9 Å². The Balaban J connectivity index is 1.13. The van der Waals surface area contributed by atoms with Crippen molar-refractivity contribution in [2.75, 3.05) is 6.54 Å². The van der Waals surface area contributed by atoms with Gasteiger partial charge < -0.3 is 14.7 Å². The van der Waals surface area contributed by atoms with Gasteiger partial charge in [-0.15, -0.1) is 0 Å². The van der Waals surface area contributed by atoms with Crippen LogP contribution in [0.3, 0.4) is 0 Å². The van der Waals surface area contributed by atoms with Gasteiger partial charge in [-0.25, -0.2) is 14.8 Å². The second kappa shape index (κ2) is 10.1. The number of fused-ring (bicyclic) bond motifs is 2. The lowest BCUT2D eigenvalue weighted by molar-refractivity contribution is 0.0219. The third-order valence-electron chi connectivity index (χ3n) is 8.52. The summed E-state index contributed by atoms with van der Waals surface area (Å²) in [5.74, 6) is 2.54. The Morgan fingerprint density at radius 1 is 0.854 bits per heavy atom. The Hall–Kier alpha value is -4.13. The van der Waals surface area contributed by atoms with Gasteiger partial charge in [-0.2, -0.15) is 0 Å². The van der Waals surface area contributed by atoms with E-state index in [0.29, 0.717) is 12.5 Å². The molecule has 1 saturated heterocycles. The van der Waals surface area contributed by atoms with E-state index in [1.54, 1.807) is 4.90 Å². The van der Waals surface area contributed by atoms with Crippen molar-refractivity contribution in [3.05, 3.63) is 72.4 Å². The summed E-state index contributed by atoms with van der Waals surface area (Å²) >= 11 is 0. The number of nitrogens with one attached hydrogen (secondary N) is 2. The van der Waals surface area contributed by atoms with Crippen molar-refractivity contribution in [1.82, 2.24) is 24.8 Å². The fourth-order valence-corrected chi connectivity index (χ4v) is 6.44. The van der Waals surface area contributed by atoms with Crippen molar-refractivity contribution in [3.63, 3.8) is 0 Å². The van der Waals surface area contributed by atoms with E-state index in [4.69, 9.17) is 14.7 Å². The van der Waals surface area contributed by atoms with E-state index in [9.17, 15) is 4.79 Å². The summed E-state index contributed by atoms with van der Waals surface area (Å²) in [5.41, 5.74) is 5.90. The molecule has 7 rings (SSSR count). The fraction of sp³-hybridized carbons (Fsp3) is 0.382. The second-order valence-electron chi connectivity index (χ2n) is 12.6. The molecule has 0 bridgehead atoms. The van der Waals surface area contributed by atoms with Crippen LogP contribution >= 0.6 is 0 Å². The molecule has 3 aromatic carbocycles. The number of imidazole rings is 2. The Morgan fingerprint density at radius 2 is 1.56 bits per heavy atom. The molecule has 1 amide bonds. The maximum Gasteiger partial charge on any atom is 0.410 e. The van der Waals surface area contributed by atoms with Crippen molar-refractivity contribution in [3.8, 4) is 22.4 Å². The molecular formula is C34H37N5O2. The molecule has 0 radical (unpaired) electrons. The molecule has 5 aromatic rings. The minimum absolute atomic E-state index is 0.0975. The number of likely N-dealkylation sites (tertiary alicyclic amines) is 1. The monoisotopic (exact) mass is 547 g/mol. The first kappa shape index (κ1) is 25.8. The molecule has 2 aromatic heterocycles. The number of H-pyrrole nitrogens is 2. The van der Waals surface area contributed by atoms with Gasteiger partial charge in [0.15, 0.2) is 0 Å². The van der Waals surface area contributed by atoms with Crippen LogP contribution in [0.15, 0.2) is 60.8 Å². The zero-order chi connectivity index (χ0) is 28.1. The van der Waals surface area contributed by atoms with E-state index in [-0.39, 0.29) is 12.1 Å². The normalized spacial score (nSPS) is 18.1. The van der Waals surface area contributed by atoms with Gasteiger partial charge in [0.25, 0.3) is 0 Å². The van der Waals surface area contributed by atoms with Crippen LogP contribution in [0, 0.1) is 0 Å². The van der Waals surface area contributed by atoms with Crippen LogP contribution in [0.5, 0.6) is 0 Å². The number of nitrogens with zero attached hydrogens (tertiary/aromatic N) is 3. The summed E-state index contributed by atoms with van der Waals surface area (Å²) in [5, 5.41) is 2.41. The Labute approximate surface area is 240 Å². The largest absolute Gasteiger partial charge is 0.444 e. The van der Waals surface area contributed by atoms with Gasteiger partial charge in [-0.05, 0) is 92.6 Å². The quantitative estimate of drug-likeness (QED) is 0.236. The molecule has 2 fully saturated rings. The van der Waals surface area contributed by atoms with Crippen LogP contribution in [0.2, 0.25) is 0 Å². The molecule has 210 valence electrons. The maximum atomic E-state index is 12.8.